The van der Waals surface area contributed by atoms with Crippen LogP contribution in [-0.4, -0.2) is 39.1 Å². The zero-order valence-electron chi connectivity index (χ0n) is 10.1. The number of aromatic amines is 1. The van der Waals surface area contributed by atoms with Crippen molar-refractivity contribution < 1.29 is 9.90 Å². The fourth-order valence-electron chi connectivity index (χ4n) is 2.43. The Morgan fingerprint density at radius 3 is 3.11 bits per heavy atom. The molecule has 3 heterocycles. The Morgan fingerprint density at radius 2 is 2.39 bits per heavy atom. The second-order valence-electron chi connectivity index (χ2n) is 4.97. The number of rotatable bonds is 2. The van der Waals surface area contributed by atoms with Crippen molar-refractivity contribution in [2.45, 2.75) is 13.3 Å². The highest BCUT2D eigenvalue weighted by Gasteiger charge is 2.41. The molecule has 0 amide bonds. The summed E-state index contributed by atoms with van der Waals surface area (Å²) in [5, 5.41) is 10.2. The lowest BCUT2D eigenvalue weighted by Crippen LogP contribution is -2.32. The first-order valence-electron chi connectivity index (χ1n) is 5.87. The van der Waals surface area contributed by atoms with Crippen LogP contribution in [0.2, 0.25) is 0 Å². The van der Waals surface area contributed by atoms with Crippen LogP contribution in [0, 0.1) is 5.41 Å². The van der Waals surface area contributed by atoms with Crippen molar-refractivity contribution in [3.05, 3.63) is 18.6 Å². The molecule has 0 aliphatic carbocycles. The lowest BCUT2D eigenvalue weighted by Gasteiger charge is -2.21. The first kappa shape index (κ1) is 11.0. The Bertz CT molecular complexity index is 609. The minimum absolute atomic E-state index is 0.486. The molecule has 18 heavy (non-hydrogen) atoms. The van der Waals surface area contributed by atoms with Crippen LogP contribution in [0.4, 0.5) is 5.82 Å². The first-order chi connectivity index (χ1) is 8.60. The summed E-state index contributed by atoms with van der Waals surface area (Å²) in [6.07, 6.45) is 3.96. The molecule has 1 saturated heterocycles. The van der Waals surface area contributed by atoms with E-state index in [1.54, 1.807) is 6.92 Å². The number of H-pyrrole nitrogens is 1. The van der Waals surface area contributed by atoms with Gasteiger partial charge in [-0.2, -0.15) is 0 Å². The molecule has 1 unspecified atom stereocenters. The predicted molar refractivity (Wildman–Crippen MR) is 66.5 cm³/mol. The highest BCUT2D eigenvalue weighted by molar-refractivity contribution is 5.88. The lowest BCUT2D eigenvalue weighted by molar-refractivity contribution is -0.146. The van der Waals surface area contributed by atoms with Crippen LogP contribution in [0.3, 0.4) is 0 Å². The number of fused-ring (bicyclic) bond motifs is 1. The standard InChI is InChI=1S/C12H14N4O2/c1-12(11(17)18)3-5-16(6-12)10-8-2-4-13-9(8)14-7-15-10/h2,4,7H,3,5-6H2,1H3,(H,17,18)(H,13,14,15). The molecule has 0 spiro atoms. The van der Waals surface area contributed by atoms with Gasteiger partial charge in [-0.3, -0.25) is 4.79 Å². The molecular weight excluding hydrogens is 232 g/mol. The van der Waals surface area contributed by atoms with Gasteiger partial charge in [-0.25, -0.2) is 9.97 Å². The third kappa shape index (κ3) is 1.53. The summed E-state index contributed by atoms with van der Waals surface area (Å²) in [5.41, 5.74) is 0.0945. The van der Waals surface area contributed by atoms with Crippen LogP contribution in [-0.2, 0) is 4.79 Å². The zero-order valence-corrected chi connectivity index (χ0v) is 10.1. The molecule has 0 bridgehead atoms. The van der Waals surface area contributed by atoms with Gasteiger partial charge in [0.1, 0.15) is 17.8 Å². The van der Waals surface area contributed by atoms with Crippen LogP contribution in [0.15, 0.2) is 18.6 Å². The topological polar surface area (TPSA) is 82.1 Å². The molecule has 1 aliphatic heterocycles. The van der Waals surface area contributed by atoms with E-state index in [1.807, 2.05) is 17.2 Å². The number of carbonyl (C=O) groups is 1. The summed E-state index contributed by atoms with van der Waals surface area (Å²) in [4.78, 5) is 24.7. The van der Waals surface area contributed by atoms with Gasteiger partial charge in [-0.15, -0.1) is 0 Å². The smallest absolute Gasteiger partial charge is 0.311 e. The maximum absolute atomic E-state index is 11.2. The largest absolute Gasteiger partial charge is 0.481 e. The normalized spacial score (nSPS) is 23.7. The number of nitrogens with one attached hydrogen (secondary N) is 1. The van der Waals surface area contributed by atoms with Crippen molar-refractivity contribution in [1.82, 2.24) is 15.0 Å². The number of nitrogens with zero attached hydrogens (tertiary/aromatic N) is 3. The molecule has 0 radical (unpaired) electrons. The van der Waals surface area contributed by atoms with Crippen molar-refractivity contribution >= 4 is 22.8 Å². The molecular formula is C12H14N4O2. The van der Waals surface area contributed by atoms with E-state index in [1.165, 1.54) is 6.33 Å². The molecule has 6 nitrogen and oxygen atoms in total. The molecule has 0 saturated carbocycles. The quantitative estimate of drug-likeness (QED) is 0.833. The first-order valence-corrected chi connectivity index (χ1v) is 5.87. The number of carboxylic acid groups (broad SMARTS) is 1. The third-order valence-electron chi connectivity index (χ3n) is 3.62. The lowest BCUT2D eigenvalue weighted by atomic mass is 9.90. The molecule has 6 heteroatoms. The molecule has 2 aromatic heterocycles. The Labute approximate surface area is 104 Å². The maximum Gasteiger partial charge on any atom is 0.311 e. The molecule has 1 aliphatic rings. The van der Waals surface area contributed by atoms with Crippen molar-refractivity contribution in [2.24, 2.45) is 5.41 Å². The minimum Gasteiger partial charge on any atom is -0.481 e. The fourth-order valence-corrected chi connectivity index (χ4v) is 2.43. The summed E-state index contributed by atoms with van der Waals surface area (Å²) < 4.78 is 0. The van der Waals surface area contributed by atoms with E-state index in [0.717, 1.165) is 16.9 Å². The van der Waals surface area contributed by atoms with Gasteiger partial charge in [0.2, 0.25) is 0 Å². The van der Waals surface area contributed by atoms with Crippen LogP contribution < -0.4 is 4.90 Å². The van der Waals surface area contributed by atoms with E-state index in [-0.39, 0.29) is 0 Å². The van der Waals surface area contributed by atoms with Crippen molar-refractivity contribution in [3.8, 4) is 0 Å². The number of hydrogen-bond acceptors (Lipinski definition) is 4. The number of aromatic nitrogens is 3. The third-order valence-corrected chi connectivity index (χ3v) is 3.62. The fraction of sp³-hybridized carbons (Fsp3) is 0.417. The van der Waals surface area contributed by atoms with Gasteiger partial charge in [0.15, 0.2) is 0 Å². The van der Waals surface area contributed by atoms with E-state index < -0.39 is 11.4 Å². The molecule has 3 rings (SSSR count). The van der Waals surface area contributed by atoms with Gasteiger partial charge in [0.05, 0.1) is 10.8 Å². The highest BCUT2D eigenvalue weighted by Crippen LogP contribution is 2.34. The Kier molecular flexibility index (Phi) is 2.26. The molecule has 0 aromatic carbocycles. The van der Waals surface area contributed by atoms with Crippen molar-refractivity contribution in [1.29, 1.82) is 0 Å². The summed E-state index contributed by atoms with van der Waals surface area (Å²) in [7, 11) is 0. The number of aliphatic carboxylic acids is 1. The predicted octanol–water partition coefficient (Wildman–Crippen LogP) is 1.26. The number of carboxylic acids is 1. The average molecular weight is 246 g/mol. The van der Waals surface area contributed by atoms with Gasteiger partial charge < -0.3 is 15.0 Å². The van der Waals surface area contributed by atoms with E-state index in [9.17, 15) is 9.90 Å². The summed E-state index contributed by atoms with van der Waals surface area (Å²) in [6, 6.07) is 1.92. The van der Waals surface area contributed by atoms with E-state index in [4.69, 9.17) is 0 Å². The zero-order chi connectivity index (χ0) is 12.8. The van der Waals surface area contributed by atoms with Crippen molar-refractivity contribution in [2.75, 3.05) is 18.0 Å². The van der Waals surface area contributed by atoms with Gasteiger partial charge >= 0.3 is 5.97 Å². The Hall–Kier alpha value is -2.11. The van der Waals surface area contributed by atoms with Crippen LogP contribution in [0.1, 0.15) is 13.3 Å². The molecule has 1 fully saturated rings. The van der Waals surface area contributed by atoms with Gasteiger partial charge in [0, 0.05) is 19.3 Å². The minimum atomic E-state index is -0.746. The number of hydrogen-bond donors (Lipinski definition) is 2. The second-order valence-corrected chi connectivity index (χ2v) is 4.97. The van der Waals surface area contributed by atoms with E-state index in [2.05, 4.69) is 15.0 Å². The number of anilines is 1. The van der Waals surface area contributed by atoms with E-state index >= 15 is 0 Å². The van der Waals surface area contributed by atoms with Crippen LogP contribution in [0.5, 0.6) is 0 Å². The van der Waals surface area contributed by atoms with Crippen LogP contribution >= 0.6 is 0 Å². The molecule has 1 atom stereocenters. The highest BCUT2D eigenvalue weighted by atomic mass is 16.4. The summed E-state index contributed by atoms with van der Waals surface area (Å²) >= 11 is 0. The molecule has 2 N–H and O–H groups in total. The maximum atomic E-state index is 11.2. The van der Waals surface area contributed by atoms with Gasteiger partial charge in [-0.1, -0.05) is 0 Å². The monoisotopic (exact) mass is 246 g/mol. The molecule has 2 aromatic rings. The van der Waals surface area contributed by atoms with Crippen LogP contribution in [0.25, 0.3) is 11.0 Å². The molecule has 94 valence electrons. The summed E-state index contributed by atoms with van der Waals surface area (Å²) in [6.45, 7) is 2.98. The Balaban J connectivity index is 1.98. The Morgan fingerprint density at radius 1 is 1.56 bits per heavy atom. The van der Waals surface area contributed by atoms with Gasteiger partial charge in [0.25, 0.3) is 0 Å². The average Bonchev–Trinajstić information content (AvgIpc) is 2.95. The summed E-state index contributed by atoms with van der Waals surface area (Å²) in [5.74, 6) is 0.0654. The second kappa shape index (κ2) is 3.69. The van der Waals surface area contributed by atoms with Crippen molar-refractivity contribution in [3.63, 3.8) is 0 Å². The van der Waals surface area contributed by atoms with E-state index in [0.29, 0.717) is 19.5 Å². The SMILES string of the molecule is CC1(C(=O)O)CCN(c2ncnc3[nH]ccc23)C1. The van der Waals surface area contributed by atoms with Gasteiger partial charge in [-0.05, 0) is 19.4 Å².